The number of hydrogen-bond donors (Lipinski definition) is 1. The quantitative estimate of drug-likeness (QED) is 0.903. The number of thioether (sulfide) groups is 1. The molecule has 2 N–H and O–H groups in total. The SMILES string of the molecule is CC(N)C(SCc1ccc(Cl)cc1)c1cccnc1. The van der Waals surface area contributed by atoms with E-state index in [-0.39, 0.29) is 11.3 Å². The highest BCUT2D eigenvalue weighted by atomic mass is 35.5. The van der Waals surface area contributed by atoms with Crippen molar-refractivity contribution in [3.8, 4) is 0 Å². The van der Waals surface area contributed by atoms with Crippen LogP contribution in [0.15, 0.2) is 48.8 Å². The number of nitrogens with zero attached hydrogens (tertiary/aromatic N) is 1. The van der Waals surface area contributed by atoms with Gasteiger partial charge in [0.2, 0.25) is 0 Å². The maximum absolute atomic E-state index is 6.09. The molecule has 0 saturated heterocycles. The fourth-order valence-electron chi connectivity index (χ4n) is 1.86. The van der Waals surface area contributed by atoms with E-state index in [0.29, 0.717) is 0 Å². The standard InChI is InChI=1S/C15H17ClN2S/c1-11(17)15(13-3-2-8-18-9-13)19-10-12-4-6-14(16)7-5-12/h2-9,11,15H,10,17H2,1H3. The summed E-state index contributed by atoms with van der Waals surface area (Å²) < 4.78 is 0. The molecule has 4 heteroatoms. The van der Waals surface area contributed by atoms with Gasteiger partial charge in [-0.05, 0) is 36.2 Å². The van der Waals surface area contributed by atoms with Crippen LogP contribution in [0.4, 0.5) is 0 Å². The predicted octanol–water partition coefficient (Wildman–Crippen LogP) is 4.06. The van der Waals surface area contributed by atoms with Crippen LogP contribution in [0.1, 0.15) is 23.3 Å². The van der Waals surface area contributed by atoms with Crippen molar-refractivity contribution in [2.24, 2.45) is 5.73 Å². The van der Waals surface area contributed by atoms with Gasteiger partial charge < -0.3 is 5.73 Å². The molecule has 1 aromatic heterocycles. The number of aromatic nitrogens is 1. The first-order valence-corrected chi connectivity index (χ1v) is 7.61. The molecule has 0 aliphatic carbocycles. The Morgan fingerprint density at radius 2 is 2.00 bits per heavy atom. The predicted molar refractivity (Wildman–Crippen MR) is 83.4 cm³/mol. The second kappa shape index (κ2) is 6.94. The van der Waals surface area contributed by atoms with Crippen LogP contribution in [0.2, 0.25) is 5.02 Å². The van der Waals surface area contributed by atoms with Gasteiger partial charge in [-0.25, -0.2) is 0 Å². The lowest BCUT2D eigenvalue weighted by Gasteiger charge is -2.20. The second-order valence-corrected chi connectivity index (χ2v) is 6.07. The lowest BCUT2D eigenvalue weighted by atomic mass is 10.1. The Morgan fingerprint density at radius 1 is 1.26 bits per heavy atom. The monoisotopic (exact) mass is 292 g/mol. The van der Waals surface area contributed by atoms with Crippen molar-refractivity contribution in [1.29, 1.82) is 0 Å². The number of hydrogen-bond acceptors (Lipinski definition) is 3. The minimum atomic E-state index is 0.0847. The van der Waals surface area contributed by atoms with Crippen LogP contribution in [0.5, 0.6) is 0 Å². The number of pyridine rings is 1. The van der Waals surface area contributed by atoms with Crippen molar-refractivity contribution < 1.29 is 0 Å². The van der Waals surface area contributed by atoms with E-state index in [0.717, 1.165) is 10.8 Å². The van der Waals surface area contributed by atoms with Gasteiger partial charge in [0.25, 0.3) is 0 Å². The molecule has 100 valence electrons. The van der Waals surface area contributed by atoms with Crippen molar-refractivity contribution >= 4 is 23.4 Å². The minimum Gasteiger partial charge on any atom is -0.327 e. The highest BCUT2D eigenvalue weighted by Crippen LogP contribution is 2.33. The lowest BCUT2D eigenvalue weighted by Crippen LogP contribution is -2.22. The zero-order chi connectivity index (χ0) is 13.7. The molecule has 2 rings (SSSR count). The highest BCUT2D eigenvalue weighted by Gasteiger charge is 2.16. The van der Waals surface area contributed by atoms with Crippen molar-refractivity contribution in [3.63, 3.8) is 0 Å². The van der Waals surface area contributed by atoms with Gasteiger partial charge in [0.05, 0.1) is 0 Å². The number of nitrogens with two attached hydrogens (primary N) is 1. The van der Waals surface area contributed by atoms with Crippen LogP contribution in [0, 0.1) is 0 Å². The summed E-state index contributed by atoms with van der Waals surface area (Å²) in [5.41, 5.74) is 8.52. The molecule has 19 heavy (non-hydrogen) atoms. The molecule has 0 aliphatic heterocycles. The molecule has 0 fully saturated rings. The Morgan fingerprint density at radius 3 is 2.58 bits per heavy atom. The Bertz CT molecular complexity index is 499. The molecule has 2 aromatic rings. The first-order chi connectivity index (χ1) is 9.16. The normalized spacial score (nSPS) is 14.1. The van der Waals surface area contributed by atoms with Gasteiger partial charge in [-0.1, -0.05) is 29.8 Å². The Hall–Kier alpha value is -1.03. The number of benzene rings is 1. The topological polar surface area (TPSA) is 38.9 Å². The molecule has 2 atom stereocenters. The fourth-order valence-corrected chi connectivity index (χ4v) is 3.19. The van der Waals surface area contributed by atoms with Crippen LogP contribution in [0.3, 0.4) is 0 Å². The molecule has 0 aliphatic rings. The maximum Gasteiger partial charge on any atom is 0.0464 e. The molecule has 0 saturated carbocycles. The van der Waals surface area contributed by atoms with E-state index in [9.17, 15) is 0 Å². The van der Waals surface area contributed by atoms with Crippen LogP contribution >= 0.6 is 23.4 Å². The average molecular weight is 293 g/mol. The van der Waals surface area contributed by atoms with Crippen molar-refractivity contribution in [1.82, 2.24) is 4.98 Å². The summed E-state index contributed by atoms with van der Waals surface area (Å²) in [6, 6.07) is 12.1. The average Bonchev–Trinajstić information content (AvgIpc) is 2.42. The van der Waals surface area contributed by atoms with Gasteiger partial charge in [0.15, 0.2) is 0 Å². The minimum absolute atomic E-state index is 0.0847. The van der Waals surface area contributed by atoms with E-state index in [1.807, 2.05) is 43.1 Å². The summed E-state index contributed by atoms with van der Waals surface area (Å²) in [4.78, 5) is 4.17. The van der Waals surface area contributed by atoms with Gasteiger partial charge in [-0.15, -0.1) is 11.8 Å². The van der Waals surface area contributed by atoms with Crippen molar-refractivity contribution in [2.75, 3.05) is 0 Å². The highest BCUT2D eigenvalue weighted by molar-refractivity contribution is 7.98. The second-order valence-electron chi connectivity index (χ2n) is 4.50. The molecule has 1 heterocycles. The molecule has 2 nitrogen and oxygen atoms in total. The Kier molecular flexibility index (Phi) is 5.25. The van der Waals surface area contributed by atoms with E-state index in [1.165, 1.54) is 11.1 Å². The third-order valence-corrected chi connectivity index (χ3v) is 4.65. The van der Waals surface area contributed by atoms with E-state index < -0.39 is 0 Å². The van der Waals surface area contributed by atoms with Crippen LogP contribution < -0.4 is 5.73 Å². The molecular formula is C15H17ClN2S. The summed E-state index contributed by atoms with van der Waals surface area (Å²) in [6.07, 6.45) is 3.68. The van der Waals surface area contributed by atoms with Gasteiger partial charge in [0.1, 0.15) is 0 Å². The van der Waals surface area contributed by atoms with Gasteiger partial charge in [-0.2, -0.15) is 0 Å². The summed E-state index contributed by atoms with van der Waals surface area (Å²) in [5, 5.41) is 1.02. The Labute approximate surface area is 123 Å². The first-order valence-electron chi connectivity index (χ1n) is 6.18. The Balaban J connectivity index is 2.04. The van der Waals surface area contributed by atoms with Gasteiger partial charge >= 0.3 is 0 Å². The molecule has 0 amide bonds. The van der Waals surface area contributed by atoms with Crippen LogP contribution in [-0.2, 0) is 5.75 Å². The lowest BCUT2D eigenvalue weighted by molar-refractivity contribution is 0.719. The molecule has 1 aromatic carbocycles. The van der Waals surface area contributed by atoms with E-state index in [4.69, 9.17) is 17.3 Å². The van der Waals surface area contributed by atoms with E-state index >= 15 is 0 Å². The molecule has 0 spiro atoms. The first kappa shape index (κ1) is 14.4. The summed E-state index contributed by atoms with van der Waals surface area (Å²) in [5.74, 6) is 0.915. The molecule has 2 unspecified atom stereocenters. The van der Waals surface area contributed by atoms with Gasteiger partial charge in [-0.3, -0.25) is 4.98 Å². The summed E-state index contributed by atoms with van der Waals surface area (Å²) >= 11 is 7.72. The summed E-state index contributed by atoms with van der Waals surface area (Å²) in [6.45, 7) is 2.03. The third-order valence-electron chi connectivity index (χ3n) is 2.83. The smallest absolute Gasteiger partial charge is 0.0464 e. The largest absolute Gasteiger partial charge is 0.327 e. The van der Waals surface area contributed by atoms with Crippen LogP contribution in [-0.4, -0.2) is 11.0 Å². The van der Waals surface area contributed by atoms with Crippen molar-refractivity contribution in [2.45, 2.75) is 24.0 Å². The molecule has 0 radical (unpaired) electrons. The zero-order valence-corrected chi connectivity index (χ0v) is 12.4. The zero-order valence-electron chi connectivity index (χ0n) is 10.8. The number of rotatable bonds is 5. The van der Waals surface area contributed by atoms with E-state index in [1.54, 1.807) is 6.20 Å². The van der Waals surface area contributed by atoms with E-state index in [2.05, 4.69) is 23.2 Å². The molecule has 0 bridgehead atoms. The number of halogens is 1. The van der Waals surface area contributed by atoms with Crippen LogP contribution in [0.25, 0.3) is 0 Å². The van der Waals surface area contributed by atoms with Gasteiger partial charge in [0, 0.05) is 34.5 Å². The summed E-state index contributed by atoms with van der Waals surface area (Å²) in [7, 11) is 0. The third kappa shape index (κ3) is 4.23. The van der Waals surface area contributed by atoms with Crippen molar-refractivity contribution in [3.05, 3.63) is 64.9 Å². The maximum atomic E-state index is 6.09. The fraction of sp³-hybridized carbons (Fsp3) is 0.267. The molecular weight excluding hydrogens is 276 g/mol.